The van der Waals surface area contributed by atoms with Gasteiger partial charge < -0.3 is 5.11 Å². The Hall–Kier alpha value is -0.0400. The average Bonchev–Trinajstić information content (AvgIpc) is 2.42. The highest BCUT2D eigenvalue weighted by Gasteiger charge is 2.40. The van der Waals surface area contributed by atoms with Crippen molar-refractivity contribution in [3.8, 4) is 0 Å². The Labute approximate surface area is 82.5 Å². The van der Waals surface area contributed by atoms with E-state index in [1.165, 1.54) is 19.3 Å². The lowest BCUT2D eigenvalue weighted by molar-refractivity contribution is 0.0134. The second-order valence-electron chi connectivity index (χ2n) is 5.36. The van der Waals surface area contributed by atoms with Crippen LogP contribution in [0.25, 0.3) is 0 Å². The molecule has 1 saturated carbocycles. The molecule has 1 fully saturated rings. The summed E-state index contributed by atoms with van der Waals surface area (Å²) >= 11 is 0. The van der Waals surface area contributed by atoms with Crippen molar-refractivity contribution in [3.05, 3.63) is 0 Å². The summed E-state index contributed by atoms with van der Waals surface area (Å²) in [7, 11) is 0. The van der Waals surface area contributed by atoms with E-state index >= 15 is 0 Å². The Morgan fingerprint density at radius 2 is 2.08 bits per heavy atom. The van der Waals surface area contributed by atoms with Crippen molar-refractivity contribution >= 4 is 0 Å². The van der Waals surface area contributed by atoms with E-state index in [1.807, 2.05) is 0 Å². The summed E-state index contributed by atoms with van der Waals surface area (Å²) in [5.41, 5.74) is 0.364. The first-order chi connectivity index (χ1) is 5.99. The van der Waals surface area contributed by atoms with Crippen molar-refractivity contribution in [2.75, 3.05) is 0 Å². The highest BCUT2D eigenvalue weighted by Crippen LogP contribution is 2.45. The Morgan fingerprint density at radius 3 is 2.46 bits per heavy atom. The van der Waals surface area contributed by atoms with Crippen LogP contribution in [0, 0.1) is 17.3 Å². The number of hydrogen-bond donors (Lipinski definition) is 1. The molecule has 78 valence electrons. The highest BCUT2D eigenvalue weighted by molar-refractivity contribution is 4.90. The Balaban J connectivity index is 2.60. The van der Waals surface area contributed by atoms with E-state index in [0.717, 1.165) is 6.42 Å². The van der Waals surface area contributed by atoms with Gasteiger partial charge in [0.1, 0.15) is 0 Å². The van der Waals surface area contributed by atoms with E-state index in [4.69, 9.17) is 0 Å². The molecule has 1 N–H and O–H groups in total. The van der Waals surface area contributed by atoms with Crippen LogP contribution in [0.3, 0.4) is 0 Å². The van der Waals surface area contributed by atoms with Gasteiger partial charge in [0.25, 0.3) is 0 Å². The van der Waals surface area contributed by atoms with Crippen LogP contribution in [0.4, 0.5) is 0 Å². The summed E-state index contributed by atoms with van der Waals surface area (Å²) in [6.07, 6.45) is 4.81. The van der Waals surface area contributed by atoms with E-state index in [2.05, 4.69) is 27.7 Å². The molecule has 1 rings (SSSR count). The number of rotatable bonds is 3. The lowest BCUT2D eigenvalue weighted by Crippen LogP contribution is -2.34. The van der Waals surface area contributed by atoms with Gasteiger partial charge in [-0.2, -0.15) is 0 Å². The molecule has 1 heteroatoms. The average molecular weight is 184 g/mol. The first-order valence-corrected chi connectivity index (χ1v) is 5.67. The normalized spacial score (nSPS) is 31.6. The molecule has 1 aliphatic rings. The van der Waals surface area contributed by atoms with Gasteiger partial charge in [-0.3, -0.25) is 0 Å². The van der Waals surface area contributed by atoms with Crippen molar-refractivity contribution in [1.29, 1.82) is 0 Å². The van der Waals surface area contributed by atoms with Crippen LogP contribution in [0.1, 0.15) is 53.4 Å². The third-order valence-electron chi connectivity index (χ3n) is 3.98. The number of aliphatic hydroxyl groups is 1. The summed E-state index contributed by atoms with van der Waals surface area (Å²) in [5, 5.41) is 10.2. The van der Waals surface area contributed by atoms with Crippen LogP contribution < -0.4 is 0 Å². The Bertz CT molecular complexity index is 163. The van der Waals surface area contributed by atoms with E-state index in [1.54, 1.807) is 0 Å². The fraction of sp³-hybridized carbons (Fsp3) is 1.00. The van der Waals surface area contributed by atoms with Gasteiger partial charge in [-0.25, -0.2) is 0 Å². The van der Waals surface area contributed by atoms with Crippen molar-refractivity contribution in [2.24, 2.45) is 17.3 Å². The molecule has 1 aliphatic carbocycles. The second-order valence-corrected chi connectivity index (χ2v) is 5.36. The smallest absolute Gasteiger partial charge is 0.0598 e. The number of hydrogen-bond acceptors (Lipinski definition) is 1. The van der Waals surface area contributed by atoms with Gasteiger partial charge in [0.15, 0.2) is 0 Å². The van der Waals surface area contributed by atoms with Crippen molar-refractivity contribution in [2.45, 2.75) is 59.5 Å². The molecule has 0 spiro atoms. The van der Waals surface area contributed by atoms with Crippen LogP contribution >= 0.6 is 0 Å². The van der Waals surface area contributed by atoms with Crippen LogP contribution in [-0.4, -0.2) is 11.2 Å². The maximum Gasteiger partial charge on any atom is 0.0598 e. The lowest BCUT2D eigenvalue weighted by atomic mass is 9.75. The minimum Gasteiger partial charge on any atom is -0.393 e. The van der Waals surface area contributed by atoms with Crippen molar-refractivity contribution < 1.29 is 5.11 Å². The Morgan fingerprint density at radius 1 is 1.46 bits per heavy atom. The maximum atomic E-state index is 10.2. The standard InChI is InChI=1S/C12H24O/c1-5-9(2)11(13)10-7-6-8-12(10,3)4/h9-11,13H,5-8H2,1-4H3. The molecule has 0 radical (unpaired) electrons. The summed E-state index contributed by atoms with van der Waals surface area (Å²) in [6, 6.07) is 0. The Kier molecular flexibility index (Phi) is 3.39. The molecular formula is C12H24O. The zero-order valence-electron chi connectivity index (χ0n) is 9.51. The largest absolute Gasteiger partial charge is 0.393 e. The molecule has 3 atom stereocenters. The van der Waals surface area contributed by atoms with Crippen molar-refractivity contribution in [1.82, 2.24) is 0 Å². The molecular weight excluding hydrogens is 160 g/mol. The molecule has 0 amide bonds. The van der Waals surface area contributed by atoms with Crippen LogP contribution in [0.15, 0.2) is 0 Å². The fourth-order valence-electron chi connectivity index (χ4n) is 2.62. The monoisotopic (exact) mass is 184 g/mol. The van der Waals surface area contributed by atoms with Gasteiger partial charge in [0.2, 0.25) is 0 Å². The molecule has 0 aromatic carbocycles. The van der Waals surface area contributed by atoms with Crippen LogP contribution in [-0.2, 0) is 0 Å². The second kappa shape index (κ2) is 4.00. The SMILES string of the molecule is CCC(C)C(O)C1CCCC1(C)C. The molecule has 3 unspecified atom stereocenters. The lowest BCUT2D eigenvalue weighted by Gasteiger charge is -2.34. The molecule has 0 aliphatic heterocycles. The van der Waals surface area contributed by atoms with Crippen LogP contribution in [0.2, 0.25) is 0 Å². The van der Waals surface area contributed by atoms with E-state index in [-0.39, 0.29) is 6.10 Å². The van der Waals surface area contributed by atoms with E-state index < -0.39 is 0 Å². The minimum absolute atomic E-state index is 0.0810. The predicted molar refractivity (Wildman–Crippen MR) is 56.6 cm³/mol. The molecule has 13 heavy (non-hydrogen) atoms. The summed E-state index contributed by atoms with van der Waals surface area (Å²) in [5.74, 6) is 0.991. The van der Waals surface area contributed by atoms with Gasteiger partial charge >= 0.3 is 0 Å². The summed E-state index contributed by atoms with van der Waals surface area (Å²) in [4.78, 5) is 0. The van der Waals surface area contributed by atoms with Gasteiger partial charge in [0, 0.05) is 0 Å². The summed E-state index contributed by atoms with van der Waals surface area (Å²) in [6.45, 7) is 8.93. The number of aliphatic hydroxyl groups excluding tert-OH is 1. The summed E-state index contributed by atoms with van der Waals surface area (Å²) < 4.78 is 0. The first kappa shape index (κ1) is 11.0. The molecule has 1 nitrogen and oxygen atoms in total. The molecule has 0 bridgehead atoms. The zero-order chi connectivity index (χ0) is 10.1. The highest BCUT2D eigenvalue weighted by atomic mass is 16.3. The third kappa shape index (κ3) is 2.25. The third-order valence-corrected chi connectivity index (χ3v) is 3.98. The zero-order valence-corrected chi connectivity index (χ0v) is 9.51. The van der Waals surface area contributed by atoms with Crippen LogP contribution in [0.5, 0.6) is 0 Å². The molecule has 0 heterocycles. The maximum absolute atomic E-state index is 10.2. The van der Waals surface area contributed by atoms with Gasteiger partial charge in [-0.15, -0.1) is 0 Å². The molecule has 0 aromatic rings. The first-order valence-electron chi connectivity index (χ1n) is 5.67. The van der Waals surface area contributed by atoms with Crippen molar-refractivity contribution in [3.63, 3.8) is 0 Å². The predicted octanol–water partition coefficient (Wildman–Crippen LogP) is 3.22. The van der Waals surface area contributed by atoms with Gasteiger partial charge in [-0.1, -0.05) is 40.5 Å². The minimum atomic E-state index is -0.0810. The quantitative estimate of drug-likeness (QED) is 0.714. The molecule has 0 aromatic heterocycles. The van der Waals surface area contributed by atoms with Gasteiger partial charge in [-0.05, 0) is 30.1 Å². The van der Waals surface area contributed by atoms with E-state index in [9.17, 15) is 5.11 Å². The van der Waals surface area contributed by atoms with E-state index in [0.29, 0.717) is 17.3 Å². The topological polar surface area (TPSA) is 20.2 Å². The van der Waals surface area contributed by atoms with Gasteiger partial charge in [0.05, 0.1) is 6.10 Å². The molecule has 0 saturated heterocycles. The fourth-order valence-corrected chi connectivity index (χ4v) is 2.62.